The number of nitrogen functional groups attached to an aromatic ring is 1. The summed E-state index contributed by atoms with van der Waals surface area (Å²) >= 11 is 0. The van der Waals surface area contributed by atoms with Crippen molar-refractivity contribution in [3.05, 3.63) is 40.8 Å². The maximum atomic E-state index is 15.3. The first kappa shape index (κ1) is 21.7. The monoisotopic (exact) mass is 463 g/mol. The van der Waals surface area contributed by atoms with Crippen LogP contribution in [0.5, 0.6) is 5.88 Å². The Morgan fingerprint density at radius 2 is 2.18 bits per heavy atom. The molecule has 2 atom stereocenters. The minimum Gasteiger partial charge on any atom is -0.474 e. The number of benzene rings is 1. The van der Waals surface area contributed by atoms with Crippen molar-refractivity contribution in [2.45, 2.75) is 38.3 Å². The second-order valence-electron chi connectivity index (χ2n) is 8.41. The van der Waals surface area contributed by atoms with Crippen molar-refractivity contribution >= 4 is 34.1 Å². The molecule has 9 nitrogen and oxygen atoms in total. The summed E-state index contributed by atoms with van der Waals surface area (Å²) < 4.78 is 26.3. The van der Waals surface area contributed by atoms with Crippen LogP contribution in [0.25, 0.3) is 26.7 Å². The lowest BCUT2D eigenvalue weighted by atomic mass is 9.97. The molecule has 2 aromatic heterocycles. The van der Waals surface area contributed by atoms with Crippen LogP contribution < -0.4 is 21.1 Å². The third kappa shape index (κ3) is 3.79. The highest BCUT2D eigenvalue weighted by Crippen LogP contribution is 2.39. The summed E-state index contributed by atoms with van der Waals surface area (Å²) in [6.45, 7) is 8.42. The third-order valence-electron chi connectivity index (χ3n) is 6.33. The lowest BCUT2D eigenvalue weighted by Gasteiger charge is -2.22. The first-order chi connectivity index (χ1) is 16.5. The first-order valence-electron chi connectivity index (χ1n) is 11.1. The van der Waals surface area contributed by atoms with E-state index in [-0.39, 0.29) is 23.7 Å². The molecule has 1 fully saturated rings. The van der Waals surface area contributed by atoms with Gasteiger partial charge in [0.05, 0.1) is 5.69 Å². The van der Waals surface area contributed by atoms with E-state index >= 15 is 4.39 Å². The Balaban J connectivity index is 1.47. The van der Waals surface area contributed by atoms with Gasteiger partial charge in [-0.1, -0.05) is 4.85 Å². The number of carbonyl (C=O) groups excluding carboxylic acids is 1. The summed E-state index contributed by atoms with van der Waals surface area (Å²) in [5.41, 5.74) is 8.51. The second kappa shape index (κ2) is 8.67. The molecule has 0 saturated heterocycles. The number of nitrogens with zero attached hydrogens (tertiary/aromatic N) is 3. The van der Waals surface area contributed by atoms with Crippen LogP contribution in [0.3, 0.4) is 0 Å². The Labute approximate surface area is 195 Å². The number of fused-ring (bicyclic) bond motifs is 2. The molecule has 1 aromatic carbocycles. The number of pyridine rings is 2. The fraction of sp³-hybridized carbons (Fsp3) is 0.333. The Morgan fingerprint density at radius 3 is 3.00 bits per heavy atom. The Kier molecular flexibility index (Phi) is 5.53. The smallest absolute Gasteiger partial charge is 0.413 e. The lowest BCUT2D eigenvalue weighted by Crippen LogP contribution is -2.27. The zero-order chi connectivity index (χ0) is 23.8. The van der Waals surface area contributed by atoms with Crippen LogP contribution in [-0.4, -0.2) is 41.4 Å². The molecule has 0 bridgehead atoms. The van der Waals surface area contributed by atoms with Crippen LogP contribution in [0.15, 0.2) is 24.5 Å². The first-order valence-corrected chi connectivity index (χ1v) is 11.1. The van der Waals surface area contributed by atoms with Gasteiger partial charge in [-0.05, 0) is 42.8 Å². The van der Waals surface area contributed by atoms with Gasteiger partial charge >= 0.3 is 12.1 Å². The van der Waals surface area contributed by atoms with Crippen LogP contribution in [-0.2, 0) is 4.74 Å². The zero-order valence-electron chi connectivity index (χ0n) is 18.6. The predicted octanol–water partition coefficient (Wildman–Crippen LogP) is 4.56. The average molecular weight is 463 g/mol. The molecular weight excluding hydrogens is 439 g/mol. The molecule has 0 radical (unpaired) electrons. The van der Waals surface area contributed by atoms with Gasteiger partial charge in [-0.3, -0.25) is 5.32 Å². The average Bonchev–Trinajstić information content (AvgIpc) is 3.29. The topological polar surface area (TPSA) is 116 Å². The van der Waals surface area contributed by atoms with Gasteiger partial charge in [-0.15, -0.1) is 0 Å². The van der Waals surface area contributed by atoms with E-state index in [9.17, 15) is 4.79 Å². The minimum atomic E-state index is -0.650. The van der Waals surface area contributed by atoms with Crippen molar-refractivity contribution in [1.29, 1.82) is 0 Å². The van der Waals surface area contributed by atoms with Gasteiger partial charge in [-0.25, -0.2) is 19.2 Å². The van der Waals surface area contributed by atoms with Crippen LogP contribution >= 0.6 is 0 Å². The molecule has 3 aromatic rings. The summed E-state index contributed by atoms with van der Waals surface area (Å²) in [6.07, 6.45) is 4.37. The van der Waals surface area contributed by atoms with Gasteiger partial charge in [-0.2, -0.15) is 0 Å². The second-order valence-corrected chi connectivity index (χ2v) is 8.41. The third-order valence-corrected chi connectivity index (χ3v) is 6.33. The number of hydrogen-bond donors (Lipinski definition) is 3. The van der Waals surface area contributed by atoms with Crippen LogP contribution in [0, 0.1) is 19.3 Å². The molecule has 0 spiro atoms. The lowest BCUT2D eigenvalue weighted by molar-refractivity contribution is 0.111. The van der Waals surface area contributed by atoms with Crippen molar-refractivity contribution < 1.29 is 18.7 Å². The maximum Gasteiger partial charge on any atom is 0.413 e. The summed E-state index contributed by atoms with van der Waals surface area (Å²) in [5.74, 6) is 0.181. The molecule has 1 aliphatic carbocycles. The molecule has 3 heterocycles. The van der Waals surface area contributed by atoms with E-state index in [1.165, 1.54) is 6.20 Å². The van der Waals surface area contributed by atoms with Crippen molar-refractivity contribution in [3.63, 3.8) is 0 Å². The van der Waals surface area contributed by atoms with Crippen molar-refractivity contribution in [2.75, 3.05) is 29.5 Å². The number of anilines is 3. The number of aromatic nitrogens is 2. The van der Waals surface area contributed by atoms with Gasteiger partial charge in [0, 0.05) is 41.9 Å². The Morgan fingerprint density at radius 1 is 1.32 bits per heavy atom. The van der Waals surface area contributed by atoms with Crippen LogP contribution in [0.2, 0.25) is 0 Å². The highest BCUT2D eigenvalue weighted by molar-refractivity contribution is 5.99. The Hall–Kier alpha value is -4.13. The van der Waals surface area contributed by atoms with E-state index in [1.54, 1.807) is 18.3 Å². The molecule has 174 valence electrons. The van der Waals surface area contributed by atoms with E-state index in [2.05, 4.69) is 25.4 Å². The molecule has 2 aliphatic rings. The van der Waals surface area contributed by atoms with Gasteiger partial charge < -0.3 is 20.5 Å². The number of amides is 1. The number of hydrogen-bond acceptors (Lipinski definition) is 7. The molecule has 34 heavy (non-hydrogen) atoms. The van der Waals surface area contributed by atoms with Gasteiger partial charge in [0.15, 0.2) is 11.9 Å². The molecule has 1 saturated carbocycles. The minimum absolute atomic E-state index is 0.0335. The number of halogens is 1. The Bertz CT molecular complexity index is 1340. The molecule has 5 rings (SSSR count). The molecule has 0 unspecified atom stereocenters. The standard InChI is InChI=1S/C24H23FN6O3/c1-12-15(10-30-23-22(12)28-6-7-33-23)14-8-13-9-19(29-11-16(13)21(26)20(14)25)31-24(32)34-18-5-3-4-17(18)27-2/h2,8-11,17-18,28H,3-7H2,1H3,(H2-,26,29,31,32)/p+1/t17-,18-/m0/s1. The summed E-state index contributed by atoms with van der Waals surface area (Å²) in [6, 6.07) is 3.09. The summed E-state index contributed by atoms with van der Waals surface area (Å²) in [5, 5.41) is 6.92. The number of ether oxygens (including phenoxy) is 2. The van der Waals surface area contributed by atoms with E-state index in [4.69, 9.17) is 21.8 Å². The number of carbonyl (C=O) groups is 1. The van der Waals surface area contributed by atoms with E-state index < -0.39 is 11.9 Å². The van der Waals surface area contributed by atoms with Crippen LogP contribution in [0.4, 0.5) is 26.4 Å². The molecule has 4 N–H and O–H groups in total. The number of nitrogens with two attached hydrogens (primary N) is 1. The fourth-order valence-electron chi connectivity index (χ4n) is 4.54. The maximum absolute atomic E-state index is 15.3. The highest BCUT2D eigenvalue weighted by atomic mass is 19.1. The molecule has 10 heteroatoms. The highest BCUT2D eigenvalue weighted by Gasteiger charge is 2.38. The fourth-order valence-corrected chi connectivity index (χ4v) is 4.54. The molecule has 1 amide bonds. The largest absolute Gasteiger partial charge is 0.474 e. The number of nitrogens with one attached hydrogen (secondary N) is 2. The van der Waals surface area contributed by atoms with Crippen molar-refractivity contribution in [2.24, 2.45) is 0 Å². The summed E-state index contributed by atoms with van der Waals surface area (Å²) in [4.78, 5) is 24.7. The predicted molar refractivity (Wildman–Crippen MR) is 128 cm³/mol. The van der Waals surface area contributed by atoms with Gasteiger partial charge in [0.2, 0.25) is 5.88 Å². The molecule has 1 aliphatic heterocycles. The zero-order valence-corrected chi connectivity index (χ0v) is 18.6. The quantitative estimate of drug-likeness (QED) is 0.488. The summed E-state index contributed by atoms with van der Waals surface area (Å²) in [7, 11) is 0. The van der Waals surface area contributed by atoms with E-state index in [0.29, 0.717) is 47.4 Å². The molecular formula is C24H24FN6O3+. The van der Waals surface area contributed by atoms with E-state index in [1.807, 2.05) is 6.92 Å². The SMILES string of the molecule is C#[N+][C@H]1CCC[C@@H]1OC(=O)Nc1cc2cc(-c3cnc4c(c3C)NCCO4)c(F)c(N)c2cn1. The van der Waals surface area contributed by atoms with Crippen molar-refractivity contribution in [3.8, 4) is 23.6 Å². The van der Waals surface area contributed by atoms with Crippen LogP contribution in [0.1, 0.15) is 24.8 Å². The normalized spacial score (nSPS) is 19.0. The van der Waals surface area contributed by atoms with Gasteiger partial charge in [0.25, 0.3) is 6.57 Å². The van der Waals surface area contributed by atoms with E-state index in [0.717, 1.165) is 24.1 Å². The number of rotatable bonds is 3. The van der Waals surface area contributed by atoms with Gasteiger partial charge in [0.1, 0.15) is 18.1 Å². The van der Waals surface area contributed by atoms with Crippen molar-refractivity contribution in [1.82, 2.24) is 9.97 Å².